The quantitative estimate of drug-likeness (QED) is 0.651. The van der Waals surface area contributed by atoms with Gasteiger partial charge in [0, 0.05) is 19.3 Å². The molecule has 0 spiro atoms. The summed E-state index contributed by atoms with van der Waals surface area (Å²) in [6.45, 7) is 1.23. The number of ether oxygens (including phenoxy) is 1. The van der Waals surface area contributed by atoms with Crippen LogP contribution >= 0.6 is 23.2 Å². The topological polar surface area (TPSA) is 67.3 Å². The number of hydrogen-bond donors (Lipinski definition) is 2. The van der Waals surface area contributed by atoms with E-state index in [1.807, 2.05) is 0 Å². The van der Waals surface area contributed by atoms with Crippen LogP contribution in [0.4, 0.5) is 5.82 Å². The number of anilines is 1. The van der Waals surface area contributed by atoms with E-state index < -0.39 is 5.54 Å². The van der Waals surface area contributed by atoms with Crippen LogP contribution in [0, 0.1) is 0 Å². The normalized spacial score (nSPS) is 19.0. The van der Waals surface area contributed by atoms with E-state index in [9.17, 15) is 5.11 Å². The summed E-state index contributed by atoms with van der Waals surface area (Å²) < 4.78 is 5.28. The highest BCUT2D eigenvalue weighted by Crippen LogP contribution is 2.26. The predicted octanol–water partition coefficient (Wildman–Crippen LogP) is 1.74. The Labute approximate surface area is 109 Å². The number of aliphatic hydroxyl groups is 1. The van der Waals surface area contributed by atoms with Gasteiger partial charge in [0.1, 0.15) is 11.0 Å². The molecular weight excluding hydrogens is 265 g/mol. The Morgan fingerprint density at radius 1 is 1.35 bits per heavy atom. The molecule has 0 radical (unpaired) electrons. The van der Waals surface area contributed by atoms with Crippen LogP contribution in [0.5, 0.6) is 0 Å². The zero-order valence-corrected chi connectivity index (χ0v) is 10.6. The van der Waals surface area contributed by atoms with Crippen molar-refractivity contribution in [3.8, 4) is 0 Å². The third kappa shape index (κ3) is 3.19. The number of halogens is 2. The van der Waals surface area contributed by atoms with Crippen LogP contribution in [0.3, 0.4) is 0 Å². The summed E-state index contributed by atoms with van der Waals surface area (Å²) in [7, 11) is 0. The molecule has 0 atom stereocenters. The molecule has 0 amide bonds. The van der Waals surface area contributed by atoms with Gasteiger partial charge < -0.3 is 15.2 Å². The van der Waals surface area contributed by atoms with Gasteiger partial charge in [0.15, 0.2) is 0 Å². The van der Waals surface area contributed by atoms with Gasteiger partial charge in [-0.15, -0.1) is 0 Å². The van der Waals surface area contributed by atoms with Gasteiger partial charge in [0.2, 0.25) is 5.28 Å². The van der Waals surface area contributed by atoms with E-state index in [0.717, 1.165) is 0 Å². The van der Waals surface area contributed by atoms with Crippen LogP contribution in [0.25, 0.3) is 0 Å². The van der Waals surface area contributed by atoms with Gasteiger partial charge in [0.25, 0.3) is 0 Å². The molecule has 1 fully saturated rings. The molecule has 0 bridgehead atoms. The zero-order chi connectivity index (χ0) is 12.3. The van der Waals surface area contributed by atoms with Crippen LogP contribution in [0.1, 0.15) is 12.8 Å². The van der Waals surface area contributed by atoms with Crippen molar-refractivity contribution < 1.29 is 9.84 Å². The van der Waals surface area contributed by atoms with E-state index in [4.69, 9.17) is 27.9 Å². The number of nitrogens with one attached hydrogen (secondary N) is 1. The minimum Gasteiger partial charge on any atom is -0.394 e. The molecule has 2 rings (SSSR count). The lowest BCUT2D eigenvalue weighted by molar-refractivity contribution is 0.0378. The second-order valence-corrected chi connectivity index (χ2v) is 4.75. The van der Waals surface area contributed by atoms with E-state index in [-0.39, 0.29) is 17.0 Å². The van der Waals surface area contributed by atoms with Crippen molar-refractivity contribution in [3.05, 3.63) is 16.5 Å². The first-order valence-electron chi connectivity index (χ1n) is 5.30. The molecule has 2 heterocycles. The monoisotopic (exact) mass is 277 g/mol. The molecule has 17 heavy (non-hydrogen) atoms. The summed E-state index contributed by atoms with van der Waals surface area (Å²) >= 11 is 11.5. The van der Waals surface area contributed by atoms with Crippen LogP contribution in [-0.4, -0.2) is 40.4 Å². The number of nitrogens with zero attached hydrogens (tertiary/aromatic N) is 2. The van der Waals surface area contributed by atoms with Crippen molar-refractivity contribution in [2.45, 2.75) is 18.4 Å². The Morgan fingerprint density at radius 3 is 2.65 bits per heavy atom. The molecule has 0 aromatic carbocycles. The van der Waals surface area contributed by atoms with E-state index in [0.29, 0.717) is 31.9 Å². The van der Waals surface area contributed by atoms with Crippen molar-refractivity contribution >= 4 is 29.0 Å². The highest BCUT2D eigenvalue weighted by molar-refractivity contribution is 6.32. The average Bonchev–Trinajstić information content (AvgIpc) is 2.29. The molecule has 94 valence electrons. The molecule has 1 aromatic heterocycles. The zero-order valence-electron chi connectivity index (χ0n) is 9.12. The smallest absolute Gasteiger partial charge is 0.225 e. The molecule has 0 unspecified atom stereocenters. The van der Waals surface area contributed by atoms with Crippen LogP contribution < -0.4 is 5.32 Å². The van der Waals surface area contributed by atoms with Gasteiger partial charge in [-0.05, 0) is 24.4 Å². The number of hydrogen-bond acceptors (Lipinski definition) is 5. The van der Waals surface area contributed by atoms with E-state index in [1.54, 1.807) is 6.07 Å². The largest absolute Gasteiger partial charge is 0.394 e. The fourth-order valence-corrected chi connectivity index (χ4v) is 2.22. The van der Waals surface area contributed by atoms with Crippen molar-refractivity contribution in [2.75, 3.05) is 25.1 Å². The third-order valence-corrected chi connectivity index (χ3v) is 3.18. The fourth-order valence-electron chi connectivity index (χ4n) is 1.81. The summed E-state index contributed by atoms with van der Waals surface area (Å²) in [5.74, 6) is 0.519. The SMILES string of the molecule is OCC1(Nc2cc(Cl)nc(Cl)n2)CCOCC1. The van der Waals surface area contributed by atoms with Crippen LogP contribution in [0.15, 0.2) is 6.07 Å². The Hall–Kier alpha value is -0.620. The minimum atomic E-state index is -0.417. The van der Waals surface area contributed by atoms with Crippen molar-refractivity contribution in [3.63, 3.8) is 0 Å². The van der Waals surface area contributed by atoms with Gasteiger partial charge in [0.05, 0.1) is 12.1 Å². The lowest BCUT2D eigenvalue weighted by Gasteiger charge is -2.36. The average molecular weight is 278 g/mol. The maximum Gasteiger partial charge on any atom is 0.225 e. The second kappa shape index (κ2) is 5.35. The van der Waals surface area contributed by atoms with Crippen LogP contribution in [0.2, 0.25) is 10.4 Å². The molecule has 1 aromatic rings. The molecule has 2 N–H and O–H groups in total. The van der Waals surface area contributed by atoms with Crippen molar-refractivity contribution in [2.24, 2.45) is 0 Å². The minimum absolute atomic E-state index is 0.00952. The molecular formula is C10H13Cl2N3O2. The highest BCUT2D eigenvalue weighted by Gasteiger charge is 2.32. The first-order chi connectivity index (χ1) is 8.13. The Kier molecular flexibility index (Phi) is 4.04. The van der Waals surface area contributed by atoms with Gasteiger partial charge in [-0.2, -0.15) is 0 Å². The lowest BCUT2D eigenvalue weighted by atomic mass is 9.91. The number of rotatable bonds is 3. The van der Waals surface area contributed by atoms with Crippen LogP contribution in [-0.2, 0) is 4.74 Å². The number of aliphatic hydroxyl groups excluding tert-OH is 1. The lowest BCUT2D eigenvalue weighted by Crippen LogP contribution is -2.47. The van der Waals surface area contributed by atoms with E-state index in [1.165, 1.54) is 0 Å². The highest BCUT2D eigenvalue weighted by atomic mass is 35.5. The Balaban J connectivity index is 2.17. The molecule has 1 aliphatic rings. The van der Waals surface area contributed by atoms with Gasteiger partial charge in [-0.1, -0.05) is 11.6 Å². The van der Waals surface area contributed by atoms with Gasteiger partial charge >= 0.3 is 0 Å². The van der Waals surface area contributed by atoms with E-state index in [2.05, 4.69) is 15.3 Å². The number of aromatic nitrogens is 2. The molecule has 1 aliphatic heterocycles. The summed E-state index contributed by atoms with van der Waals surface area (Å²) in [6.07, 6.45) is 1.42. The summed E-state index contributed by atoms with van der Waals surface area (Å²) in [5, 5.41) is 13.0. The molecule has 1 saturated heterocycles. The standard InChI is InChI=1S/C10H13Cl2N3O2/c11-7-5-8(14-9(12)13-7)15-10(6-16)1-3-17-4-2-10/h5,16H,1-4,6H2,(H,13,14,15). The summed E-state index contributed by atoms with van der Waals surface area (Å²) in [4.78, 5) is 7.80. The van der Waals surface area contributed by atoms with Gasteiger partial charge in [-0.25, -0.2) is 9.97 Å². The molecule has 0 aliphatic carbocycles. The first-order valence-corrected chi connectivity index (χ1v) is 6.06. The van der Waals surface area contributed by atoms with Crippen molar-refractivity contribution in [1.29, 1.82) is 0 Å². The maximum absolute atomic E-state index is 9.51. The Bertz CT molecular complexity index is 377. The van der Waals surface area contributed by atoms with E-state index >= 15 is 0 Å². The third-order valence-electron chi connectivity index (χ3n) is 2.81. The van der Waals surface area contributed by atoms with Gasteiger partial charge in [-0.3, -0.25) is 0 Å². The maximum atomic E-state index is 9.51. The van der Waals surface area contributed by atoms with Crippen molar-refractivity contribution in [1.82, 2.24) is 9.97 Å². The second-order valence-electron chi connectivity index (χ2n) is 4.02. The first kappa shape index (κ1) is 12.8. The Morgan fingerprint density at radius 2 is 2.06 bits per heavy atom. The fraction of sp³-hybridized carbons (Fsp3) is 0.600. The summed E-state index contributed by atoms with van der Waals surface area (Å²) in [6, 6.07) is 1.58. The summed E-state index contributed by atoms with van der Waals surface area (Å²) in [5.41, 5.74) is -0.417. The predicted molar refractivity (Wildman–Crippen MR) is 65.5 cm³/mol. The molecule has 5 nitrogen and oxygen atoms in total. The molecule has 7 heteroatoms. The molecule has 0 saturated carbocycles.